The molecule has 0 bridgehead atoms. The van der Waals surface area contributed by atoms with Crippen LogP contribution in [0.3, 0.4) is 0 Å². The number of fused-ring (bicyclic) bond motifs is 4. The first-order valence-electron chi connectivity index (χ1n) is 10.7. The van der Waals surface area contributed by atoms with E-state index >= 15 is 0 Å². The molecule has 1 aromatic heterocycles. The van der Waals surface area contributed by atoms with Gasteiger partial charge in [-0.3, -0.25) is 4.79 Å². The Bertz CT molecular complexity index is 1130. The maximum Gasteiger partial charge on any atom is 0.248 e. The average Bonchev–Trinajstić information content (AvgIpc) is 3.07. The van der Waals surface area contributed by atoms with E-state index in [9.17, 15) is 18.3 Å². The molecule has 2 aliphatic rings. The number of amides is 1. The summed E-state index contributed by atoms with van der Waals surface area (Å²) in [5.41, 5.74) is 2.36. The van der Waals surface area contributed by atoms with Crippen LogP contribution >= 0.6 is 0 Å². The predicted octanol–water partition coefficient (Wildman–Crippen LogP) is 1.00. The van der Waals surface area contributed by atoms with Gasteiger partial charge in [-0.25, -0.2) is 8.42 Å². The summed E-state index contributed by atoms with van der Waals surface area (Å²) >= 11 is 0. The summed E-state index contributed by atoms with van der Waals surface area (Å²) in [6.45, 7) is 1.05. The van der Waals surface area contributed by atoms with Crippen LogP contribution in [0.1, 0.15) is 30.1 Å². The number of methoxy groups -OCH3 is 2. The monoisotopic (exact) mass is 465 g/mol. The summed E-state index contributed by atoms with van der Waals surface area (Å²) in [5, 5.41) is 11.3. The first kappa shape index (κ1) is 23.0. The van der Waals surface area contributed by atoms with Gasteiger partial charge in [0.25, 0.3) is 0 Å². The Morgan fingerprint density at radius 2 is 1.94 bits per heavy atom. The smallest absolute Gasteiger partial charge is 0.248 e. The fourth-order valence-electron chi connectivity index (χ4n) is 5.47. The molecule has 1 spiro atoms. The number of carbonyl (C=O) groups is 1. The molecule has 0 saturated carbocycles. The zero-order valence-corrected chi connectivity index (χ0v) is 19.8. The van der Waals surface area contributed by atoms with Crippen LogP contribution in [0.2, 0.25) is 0 Å². The third kappa shape index (κ3) is 3.59. The molecule has 1 amide bonds. The molecular formula is C22H31N3O6S. The lowest BCUT2D eigenvalue weighted by molar-refractivity contribution is -0.136. The van der Waals surface area contributed by atoms with Crippen molar-refractivity contribution in [2.24, 2.45) is 7.05 Å². The number of sulfonamides is 1. The maximum atomic E-state index is 12.8. The van der Waals surface area contributed by atoms with Crippen molar-refractivity contribution in [3.63, 3.8) is 0 Å². The number of rotatable bonds is 5. The van der Waals surface area contributed by atoms with E-state index < -0.39 is 21.5 Å². The van der Waals surface area contributed by atoms with E-state index in [2.05, 4.69) is 0 Å². The molecule has 0 aliphatic carbocycles. The van der Waals surface area contributed by atoms with Crippen molar-refractivity contribution >= 4 is 26.8 Å². The highest BCUT2D eigenvalue weighted by Crippen LogP contribution is 2.50. The van der Waals surface area contributed by atoms with E-state index in [1.54, 1.807) is 12.0 Å². The van der Waals surface area contributed by atoms with Gasteiger partial charge >= 0.3 is 0 Å². The van der Waals surface area contributed by atoms with E-state index in [0.29, 0.717) is 31.7 Å². The highest BCUT2D eigenvalue weighted by molar-refractivity contribution is 7.88. The van der Waals surface area contributed by atoms with Gasteiger partial charge in [0.2, 0.25) is 15.9 Å². The number of aromatic nitrogens is 1. The lowest BCUT2D eigenvalue weighted by Gasteiger charge is -2.49. The third-order valence-corrected chi connectivity index (χ3v) is 8.28. The van der Waals surface area contributed by atoms with E-state index in [1.165, 1.54) is 17.7 Å². The largest absolute Gasteiger partial charge is 0.497 e. The summed E-state index contributed by atoms with van der Waals surface area (Å²) in [6, 6.07) is 5.20. The van der Waals surface area contributed by atoms with Gasteiger partial charge in [0.05, 0.1) is 31.5 Å². The molecule has 4 rings (SSSR count). The van der Waals surface area contributed by atoms with Gasteiger partial charge in [0.1, 0.15) is 12.4 Å². The molecule has 176 valence electrons. The molecule has 0 unspecified atom stereocenters. The Balaban J connectivity index is 1.89. The Morgan fingerprint density at radius 3 is 2.50 bits per heavy atom. The Labute approximate surface area is 188 Å². The molecule has 1 fully saturated rings. The second kappa shape index (κ2) is 8.33. The van der Waals surface area contributed by atoms with Crippen molar-refractivity contribution in [2.75, 3.05) is 53.3 Å². The lowest BCUT2D eigenvalue weighted by Crippen LogP contribution is -2.56. The minimum Gasteiger partial charge on any atom is -0.497 e. The summed E-state index contributed by atoms with van der Waals surface area (Å²) in [5.74, 6) is 0.652. The van der Waals surface area contributed by atoms with Crippen LogP contribution in [0, 0.1) is 0 Å². The molecule has 1 atom stereocenters. The van der Waals surface area contributed by atoms with Crippen LogP contribution < -0.4 is 4.74 Å². The fourth-order valence-corrected chi connectivity index (χ4v) is 6.58. The maximum absolute atomic E-state index is 12.8. The molecule has 9 nitrogen and oxygen atoms in total. The number of aliphatic hydroxyl groups is 1. The van der Waals surface area contributed by atoms with Crippen molar-refractivity contribution in [3.8, 4) is 5.75 Å². The number of benzene rings is 1. The second-order valence-electron chi connectivity index (χ2n) is 8.80. The van der Waals surface area contributed by atoms with E-state index in [1.807, 2.05) is 29.8 Å². The minimum atomic E-state index is -3.58. The van der Waals surface area contributed by atoms with E-state index in [4.69, 9.17) is 9.47 Å². The summed E-state index contributed by atoms with van der Waals surface area (Å²) in [4.78, 5) is 14.2. The fraction of sp³-hybridized carbons (Fsp3) is 0.591. The van der Waals surface area contributed by atoms with Gasteiger partial charge < -0.3 is 24.0 Å². The number of ether oxygens (including phenoxy) is 2. The zero-order valence-electron chi connectivity index (χ0n) is 19.0. The van der Waals surface area contributed by atoms with Gasteiger partial charge in [-0.1, -0.05) is 0 Å². The number of piperidine rings is 1. The van der Waals surface area contributed by atoms with Crippen LogP contribution in [0.25, 0.3) is 10.9 Å². The highest BCUT2D eigenvalue weighted by atomic mass is 32.2. The van der Waals surface area contributed by atoms with Gasteiger partial charge in [-0.2, -0.15) is 4.31 Å². The Morgan fingerprint density at radius 1 is 1.25 bits per heavy atom. The van der Waals surface area contributed by atoms with Crippen LogP contribution in [0.5, 0.6) is 5.75 Å². The van der Waals surface area contributed by atoms with Crippen LogP contribution in [-0.4, -0.2) is 86.5 Å². The molecule has 3 heterocycles. The van der Waals surface area contributed by atoms with Gasteiger partial charge in [0.15, 0.2) is 0 Å². The number of carbonyl (C=O) groups excluding carboxylic acids is 1. The van der Waals surface area contributed by atoms with Crippen molar-refractivity contribution in [3.05, 3.63) is 29.5 Å². The highest BCUT2D eigenvalue weighted by Gasteiger charge is 2.50. The predicted molar refractivity (Wildman–Crippen MR) is 120 cm³/mol. The standard InChI is InChI=1S/C22H31N3O6S/c1-23-17-11-15(31-3)5-6-16(17)20-21(23)18(12-26)25(32(4,28)29)14-22(20)7-9-24(10-8-22)19(27)13-30-2/h5-6,11,18,26H,7-10,12-14H2,1-4H3/t18-/m1/s1. The number of nitrogens with zero attached hydrogens (tertiary/aromatic N) is 3. The zero-order chi connectivity index (χ0) is 23.3. The Kier molecular flexibility index (Phi) is 6.00. The lowest BCUT2D eigenvalue weighted by atomic mass is 9.69. The van der Waals surface area contributed by atoms with Gasteiger partial charge in [0, 0.05) is 56.4 Å². The average molecular weight is 466 g/mol. The molecule has 10 heteroatoms. The normalized spacial score (nSPS) is 21.2. The van der Waals surface area contributed by atoms with Crippen LogP contribution in [0.15, 0.2) is 18.2 Å². The molecule has 1 aromatic carbocycles. The van der Waals surface area contributed by atoms with E-state index in [0.717, 1.165) is 22.2 Å². The number of hydrogen-bond acceptors (Lipinski definition) is 6. The first-order valence-corrected chi connectivity index (χ1v) is 12.5. The number of aryl methyl sites for hydroxylation is 1. The van der Waals surface area contributed by atoms with Crippen molar-refractivity contribution < 1.29 is 27.8 Å². The minimum absolute atomic E-state index is 0.0361. The van der Waals surface area contributed by atoms with Gasteiger partial charge in [-0.05, 0) is 30.5 Å². The first-order chi connectivity index (χ1) is 15.2. The van der Waals surface area contributed by atoms with Crippen molar-refractivity contribution in [1.82, 2.24) is 13.8 Å². The summed E-state index contributed by atoms with van der Waals surface area (Å²) in [7, 11) is 1.44. The molecule has 0 radical (unpaired) electrons. The molecule has 2 aliphatic heterocycles. The Hall–Kier alpha value is -2.14. The molecular weight excluding hydrogens is 434 g/mol. The van der Waals surface area contributed by atoms with Crippen LogP contribution in [0.4, 0.5) is 0 Å². The second-order valence-corrected chi connectivity index (χ2v) is 10.7. The van der Waals surface area contributed by atoms with Crippen molar-refractivity contribution in [1.29, 1.82) is 0 Å². The molecule has 2 aromatic rings. The number of aliphatic hydroxyl groups excluding tert-OH is 1. The third-order valence-electron chi connectivity index (χ3n) is 7.05. The van der Waals surface area contributed by atoms with Crippen LogP contribution in [-0.2, 0) is 32.0 Å². The quantitative estimate of drug-likeness (QED) is 0.707. The van der Waals surface area contributed by atoms with E-state index in [-0.39, 0.29) is 25.7 Å². The molecule has 1 saturated heterocycles. The molecule has 1 N–H and O–H groups in total. The number of likely N-dealkylation sites (tertiary alicyclic amines) is 1. The molecule has 32 heavy (non-hydrogen) atoms. The SMILES string of the molecule is COCC(=O)N1CCC2(CC1)CN(S(C)(=O)=O)[C@H](CO)c1c2c2ccc(OC)cc2n1C. The van der Waals surface area contributed by atoms with Crippen molar-refractivity contribution in [2.45, 2.75) is 24.3 Å². The number of hydrogen-bond donors (Lipinski definition) is 1. The topological polar surface area (TPSA) is 101 Å². The van der Waals surface area contributed by atoms with Gasteiger partial charge in [-0.15, -0.1) is 0 Å². The summed E-state index contributed by atoms with van der Waals surface area (Å²) < 4.78 is 39.4. The summed E-state index contributed by atoms with van der Waals surface area (Å²) in [6.07, 6.45) is 2.45.